The van der Waals surface area contributed by atoms with E-state index in [1.54, 1.807) is 0 Å². The van der Waals surface area contributed by atoms with Crippen LogP contribution < -0.4 is 0 Å². The molecule has 166 valence electrons. The molecule has 4 atom stereocenters. The van der Waals surface area contributed by atoms with Crippen molar-refractivity contribution in [1.29, 1.82) is 0 Å². The molecular weight excluding hydrogens is 384 g/mol. The summed E-state index contributed by atoms with van der Waals surface area (Å²) in [5.74, 6) is 3.20. The van der Waals surface area contributed by atoms with Gasteiger partial charge in [-0.2, -0.15) is 11.8 Å². The maximum atomic E-state index is 10.6. The number of hydrogen-bond acceptors (Lipinski definition) is 4. The fourth-order valence-electron chi connectivity index (χ4n) is 5.27. The van der Waals surface area contributed by atoms with Crippen LogP contribution in [0.4, 0.5) is 0 Å². The van der Waals surface area contributed by atoms with Gasteiger partial charge in [0.1, 0.15) is 0 Å². The highest BCUT2D eigenvalue weighted by Gasteiger charge is 2.47. The first-order valence-corrected chi connectivity index (χ1v) is 13.1. The van der Waals surface area contributed by atoms with Gasteiger partial charge in [0.15, 0.2) is 0 Å². The molecule has 2 aliphatic heterocycles. The fourth-order valence-corrected chi connectivity index (χ4v) is 6.32. The predicted octanol–water partition coefficient (Wildman–Crippen LogP) is 5.84. The topological polar surface area (TPSA) is 55.8 Å². The Balaban J connectivity index is 1.23. The largest absolute Gasteiger partial charge is 0.481 e. The second kappa shape index (κ2) is 13.0. The molecule has 0 aromatic rings. The maximum absolute atomic E-state index is 10.6. The van der Waals surface area contributed by atoms with Gasteiger partial charge in [-0.1, -0.05) is 25.0 Å². The third kappa shape index (κ3) is 7.91. The first-order chi connectivity index (χ1) is 14.2. The molecule has 3 rings (SSSR count). The molecule has 0 amide bonds. The number of carboxylic acids is 1. The van der Waals surface area contributed by atoms with Crippen LogP contribution in [0.2, 0.25) is 0 Å². The zero-order valence-electron chi connectivity index (χ0n) is 17.9. The van der Waals surface area contributed by atoms with Gasteiger partial charge < -0.3 is 14.6 Å². The molecule has 2 saturated heterocycles. The van der Waals surface area contributed by atoms with Crippen LogP contribution in [0.1, 0.15) is 83.5 Å². The minimum absolute atomic E-state index is 0.272. The Bertz CT molecular complexity index is 503. The highest BCUT2D eigenvalue weighted by Crippen LogP contribution is 2.47. The molecular formula is C24H40O4S. The van der Waals surface area contributed by atoms with Crippen LogP contribution in [0.15, 0.2) is 12.2 Å². The van der Waals surface area contributed by atoms with Gasteiger partial charge in [-0.15, -0.1) is 0 Å². The van der Waals surface area contributed by atoms with E-state index in [1.807, 2.05) is 0 Å². The lowest BCUT2D eigenvalue weighted by Crippen LogP contribution is -2.27. The standard InChI is InChI=1S/C24H40O4S/c25-24(26)12-4-2-1-3-11-20-21(23-14-13-22(20)28-23)15-18-29-17-8-7-16-27-19-9-5-6-10-19/h1,3,19-23H,2,4-18H2,(H,25,26)/b3-1-/t20-,21+,22-,23+/m1/s1. The van der Waals surface area contributed by atoms with E-state index in [9.17, 15) is 4.79 Å². The van der Waals surface area contributed by atoms with E-state index < -0.39 is 5.97 Å². The van der Waals surface area contributed by atoms with Gasteiger partial charge in [-0.05, 0) is 87.5 Å². The summed E-state index contributed by atoms with van der Waals surface area (Å²) in [6.45, 7) is 0.951. The van der Waals surface area contributed by atoms with Gasteiger partial charge in [0, 0.05) is 13.0 Å². The fraction of sp³-hybridized carbons (Fsp3) is 0.875. The molecule has 2 heterocycles. The van der Waals surface area contributed by atoms with Crippen LogP contribution in [-0.4, -0.2) is 47.5 Å². The van der Waals surface area contributed by atoms with Gasteiger partial charge in [0.2, 0.25) is 0 Å². The normalized spacial score (nSPS) is 29.4. The lowest BCUT2D eigenvalue weighted by atomic mass is 9.76. The minimum Gasteiger partial charge on any atom is -0.481 e. The maximum Gasteiger partial charge on any atom is 0.303 e. The van der Waals surface area contributed by atoms with Crippen LogP contribution >= 0.6 is 11.8 Å². The molecule has 0 spiro atoms. The van der Waals surface area contributed by atoms with Gasteiger partial charge >= 0.3 is 5.97 Å². The van der Waals surface area contributed by atoms with Crippen LogP contribution in [0.3, 0.4) is 0 Å². The molecule has 3 aliphatic rings. The number of fused-ring (bicyclic) bond motifs is 2. The molecule has 3 fully saturated rings. The number of allylic oxidation sites excluding steroid dienone is 2. The average Bonchev–Trinajstić information content (AvgIpc) is 3.44. The van der Waals surface area contributed by atoms with Gasteiger partial charge in [0.05, 0.1) is 18.3 Å². The molecule has 4 nitrogen and oxygen atoms in total. The lowest BCUT2D eigenvalue weighted by Gasteiger charge is -2.27. The smallest absolute Gasteiger partial charge is 0.303 e. The number of thioether (sulfide) groups is 1. The lowest BCUT2D eigenvalue weighted by molar-refractivity contribution is -0.137. The molecule has 5 heteroatoms. The first kappa shape index (κ1) is 23.1. The van der Waals surface area contributed by atoms with E-state index in [0.29, 0.717) is 24.2 Å². The van der Waals surface area contributed by atoms with Crippen LogP contribution in [0.5, 0.6) is 0 Å². The second-order valence-electron chi connectivity index (χ2n) is 9.00. The molecule has 1 aliphatic carbocycles. The van der Waals surface area contributed by atoms with Crippen molar-refractivity contribution in [3.63, 3.8) is 0 Å². The molecule has 1 saturated carbocycles. The third-order valence-electron chi connectivity index (χ3n) is 6.86. The Morgan fingerprint density at radius 3 is 2.59 bits per heavy atom. The Morgan fingerprint density at radius 1 is 1.00 bits per heavy atom. The number of hydrogen-bond donors (Lipinski definition) is 1. The number of carboxylic acid groups (broad SMARTS) is 1. The van der Waals surface area contributed by atoms with E-state index >= 15 is 0 Å². The third-order valence-corrected chi connectivity index (χ3v) is 7.96. The summed E-state index contributed by atoms with van der Waals surface area (Å²) in [6, 6.07) is 0. The van der Waals surface area contributed by atoms with Crippen molar-refractivity contribution in [3.8, 4) is 0 Å². The SMILES string of the molecule is O=C(O)CCC/C=C\C[C@@H]1[C@H](CCSCCCCOC2CCCC2)[C@@H]2CC[C@H]1O2. The van der Waals surface area contributed by atoms with Crippen LogP contribution in [-0.2, 0) is 14.3 Å². The van der Waals surface area contributed by atoms with Crippen molar-refractivity contribution in [2.24, 2.45) is 11.8 Å². The monoisotopic (exact) mass is 424 g/mol. The molecule has 2 bridgehead atoms. The highest BCUT2D eigenvalue weighted by molar-refractivity contribution is 7.99. The first-order valence-electron chi connectivity index (χ1n) is 12.0. The summed E-state index contributed by atoms with van der Waals surface area (Å²) >= 11 is 2.11. The summed E-state index contributed by atoms with van der Waals surface area (Å²) in [7, 11) is 0. The van der Waals surface area contributed by atoms with E-state index in [2.05, 4.69) is 23.9 Å². The van der Waals surface area contributed by atoms with Gasteiger partial charge in [-0.3, -0.25) is 4.79 Å². The summed E-state index contributed by atoms with van der Waals surface area (Å²) in [4.78, 5) is 10.6. The molecule has 0 aromatic carbocycles. The van der Waals surface area contributed by atoms with Gasteiger partial charge in [-0.25, -0.2) is 0 Å². The zero-order chi connectivity index (χ0) is 20.3. The average molecular weight is 425 g/mol. The van der Waals surface area contributed by atoms with Crippen molar-refractivity contribution in [2.75, 3.05) is 18.1 Å². The molecule has 0 aromatic heterocycles. The van der Waals surface area contributed by atoms with E-state index in [-0.39, 0.29) is 6.42 Å². The van der Waals surface area contributed by atoms with E-state index in [1.165, 1.54) is 69.3 Å². The summed E-state index contributed by atoms with van der Waals surface area (Å²) < 4.78 is 12.2. The van der Waals surface area contributed by atoms with E-state index in [4.69, 9.17) is 14.6 Å². The van der Waals surface area contributed by atoms with Crippen LogP contribution in [0.25, 0.3) is 0 Å². The summed E-state index contributed by atoms with van der Waals surface area (Å²) in [5, 5.41) is 8.71. The van der Waals surface area contributed by atoms with Gasteiger partial charge in [0.25, 0.3) is 0 Å². The quantitative estimate of drug-likeness (QED) is 0.264. The number of carbonyl (C=O) groups is 1. The molecule has 0 radical (unpaired) electrons. The number of ether oxygens (including phenoxy) is 2. The molecule has 1 N–H and O–H groups in total. The van der Waals surface area contributed by atoms with Crippen molar-refractivity contribution < 1.29 is 19.4 Å². The number of rotatable bonds is 15. The van der Waals surface area contributed by atoms with Crippen molar-refractivity contribution >= 4 is 17.7 Å². The zero-order valence-corrected chi connectivity index (χ0v) is 18.8. The molecule has 0 unspecified atom stereocenters. The Kier molecular flexibility index (Phi) is 10.4. The molecule has 29 heavy (non-hydrogen) atoms. The Hall–Kier alpha value is -0.520. The minimum atomic E-state index is -0.696. The Labute approximate surface area is 181 Å². The second-order valence-corrected chi connectivity index (χ2v) is 10.2. The summed E-state index contributed by atoms with van der Waals surface area (Å²) in [5.41, 5.74) is 0. The number of unbranched alkanes of at least 4 members (excludes halogenated alkanes) is 2. The van der Waals surface area contributed by atoms with Crippen molar-refractivity contribution in [1.82, 2.24) is 0 Å². The Morgan fingerprint density at radius 2 is 1.79 bits per heavy atom. The summed E-state index contributed by atoms with van der Waals surface area (Å²) in [6.07, 6.45) is 20.5. The van der Waals surface area contributed by atoms with Crippen molar-refractivity contribution in [3.05, 3.63) is 12.2 Å². The number of aliphatic carboxylic acids is 1. The van der Waals surface area contributed by atoms with E-state index in [0.717, 1.165) is 31.8 Å². The predicted molar refractivity (Wildman–Crippen MR) is 120 cm³/mol. The van der Waals surface area contributed by atoms with Crippen molar-refractivity contribution in [2.45, 2.75) is 102 Å². The highest BCUT2D eigenvalue weighted by atomic mass is 32.2. The van der Waals surface area contributed by atoms with Crippen LogP contribution in [0, 0.1) is 11.8 Å².